The highest BCUT2D eigenvalue weighted by Crippen LogP contribution is 2.36. The Kier molecular flexibility index (Phi) is 5.02. The van der Waals surface area contributed by atoms with Crippen molar-refractivity contribution in [3.8, 4) is 5.75 Å². The Balaban J connectivity index is 1.65. The number of ether oxygens (including phenoxy) is 1. The van der Waals surface area contributed by atoms with Crippen molar-refractivity contribution in [3.63, 3.8) is 0 Å². The van der Waals surface area contributed by atoms with Gasteiger partial charge in [0, 0.05) is 4.47 Å². The van der Waals surface area contributed by atoms with Crippen LogP contribution in [0.25, 0.3) is 0 Å². The summed E-state index contributed by atoms with van der Waals surface area (Å²) in [4.78, 5) is 0. The lowest BCUT2D eigenvalue weighted by molar-refractivity contribution is 0.00578. The molecule has 3 rings (SSSR count). The Hall–Kier alpha value is -1.30. The first-order valence-corrected chi connectivity index (χ1v) is 9.31. The average molecular weight is 403 g/mol. The van der Waals surface area contributed by atoms with Gasteiger partial charge in [0.05, 0.1) is 11.2 Å². The van der Waals surface area contributed by atoms with Gasteiger partial charge in [-0.25, -0.2) is 0 Å². The Morgan fingerprint density at radius 3 is 2.12 bits per heavy atom. The number of halogens is 1. The van der Waals surface area contributed by atoms with E-state index in [4.69, 9.17) is 14.0 Å². The van der Waals surface area contributed by atoms with Crippen molar-refractivity contribution >= 4 is 28.5 Å². The van der Waals surface area contributed by atoms with Gasteiger partial charge in [-0.05, 0) is 69.4 Å². The van der Waals surface area contributed by atoms with Crippen molar-refractivity contribution in [2.45, 2.75) is 52.4 Å². The minimum Gasteiger partial charge on any atom is -0.489 e. The second-order valence-corrected chi connectivity index (χ2v) is 8.44. The van der Waals surface area contributed by atoms with E-state index >= 15 is 0 Å². The lowest BCUT2D eigenvalue weighted by atomic mass is 9.79. The Bertz CT molecular complexity index is 740. The lowest BCUT2D eigenvalue weighted by Gasteiger charge is -2.32. The van der Waals surface area contributed by atoms with Crippen molar-refractivity contribution in [1.29, 1.82) is 0 Å². The largest absolute Gasteiger partial charge is 0.494 e. The van der Waals surface area contributed by atoms with Gasteiger partial charge in [-0.2, -0.15) is 0 Å². The normalized spacial score (nSPS) is 18.4. The number of aryl methyl sites for hydroxylation is 1. The van der Waals surface area contributed by atoms with Gasteiger partial charge < -0.3 is 14.0 Å². The number of hydrogen-bond donors (Lipinski definition) is 0. The molecule has 1 aliphatic heterocycles. The summed E-state index contributed by atoms with van der Waals surface area (Å²) in [6.07, 6.45) is 0. The fourth-order valence-electron chi connectivity index (χ4n) is 2.69. The van der Waals surface area contributed by atoms with Crippen LogP contribution in [0.15, 0.2) is 46.9 Å². The molecule has 1 aliphatic rings. The molecule has 0 saturated carbocycles. The van der Waals surface area contributed by atoms with Crippen LogP contribution < -0.4 is 10.2 Å². The second-order valence-electron chi connectivity index (χ2n) is 7.53. The number of benzene rings is 2. The summed E-state index contributed by atoms with van der Waals surface area (Å²) in [5.74, 6) is 0.901. The molecule has 0 atom stereocenters. The monoisotopic (exact) mass is 402 g/mol. The molecule has 0 aromatic heterocycles. The van der Waals surface area contributed by atoms with Gasteiger partial charge >= 0.3 is 7.12 Å². The molecule has 132 valence electrons. The summed E-state index contributed by atoms with van der Waals surface area (Å²) in [5.41, 5.74) is 2.62. The minimum atomic E-state index is -0.325. The van der Waals surface area contributed by atoms with Crippen LogP contribution in [-0.4, -0.2) is 18.3 Å². The van der Waals surface area contributed by atoms with E-state index in [0.717, 1.165) is 26.8 Å². The summed E-state index contributed by atoms with van der Waals surface area (Å²) in [6.45, 7) is 10.8. The highest BCUT2D eigenvalue weighted by molar-refractivity contribution is 9.10. The molecular weight excluding hydrogens is 379 g/mol. The van der Waals surface area contributed by atoms with Gasteiger partial charge in [-0.15, -0.1) is 0 Å². The zero-order valence-electron chi connectivity index (χ0n) is 15.4. The SMILES string of the molecule is Cc1cc(Br)ccc1OCc1ccc(B2OC(C)(C)C(C)(C)O2)cc1. The van der Waals surface area contributed by atoms with Crippen LogP contribution in [0.1, 0.15) is 38.8 Å². The maximum absolute atomic E-state index is 6.09. The van der Waals surface area contributed by atoms with Crippen LogP contribution in [0.4, 0.5) is 0 Å². The third kappa shape index (κ3) is 3.94. The van der Waals surface area contributed by atoms with Crippen molar-refractivity contribution in [1.82, 2.24) is 0 Å². The third-order valence-electron chi connectivity index (χ3n) is 5.04. The van der Waals surface area contributed by atoms with E-state index in [1.165, 1.54) is 0 Å². The van der Waals surface area contributed by atoms with E-state index in [1.54, 1.807) is 0 Å². The standard InChI is InChI=1S/C20H24BBrO3/c1-14-12-17(22)10-11-18(14)23-13-15-6-8-16(9-7-15)21-24-19(2,3)20(4,5)25-21/h6-12H,13H2,1-5H3. The molecule has 1 saturated heterocycles. The Labute approximate surface area is 159 Å². The average Bonchev–Trinajstić information content (AvgIpc) is 2.75. The molecule has 0 amide bonds. The molecule has 0 unspecified atom stereocenters. The van der Waals surface area contributed by atoms with Gasteiger partial charge in [0.2, 0.25) is 0 Å². The van der Waals surface area contributed by atoms with Crippen LogP contribution in [-0.2, 0) is 15.9 Å². The molecule has 0 aliphatic carbocycles. The van der Waals surface area contributed by atoms with Crippen molar-refractivity contribution in [2.24, 2.45) is 0 Å². The molecule has 1 heterocycles. The molecule has 25 heavy (non-hydrogen) atoms. The maximum Gasteiger partial charge on any atom is 0.494 e. The minimum absolute atomic E-state index is 0.321. The molecule has 1 fully saturated rings. The van der Waals surface area contributed by atoms with Crippen LogP contribution in [0.3, 0.4) is 0 Å². The smallest absolute Gasteiger partial charge is 0.489 e. The molecule has 2 aromatic rings. The van der Waals surface area contributed by atoms with E-state index in [-0.39, 0.29) is 18.3 Å². The van der Waals surface area contributed by atoms with Gasteiger partial charge in [0.1, 0.15) is 12.4 Å². The second kappa shape index (κ2) is 6.78. The first-order chi connectivity index (χ1) is 11.7. The van der Waals surface area contributed by atoms with Gasteiger partial charge in [0.15, 0.2) is 0 Å². The summed E-state index contributed by atoms with van der Waals surface area (Å²) in [5, 5.41) is 0. The molecular formula is C20H24BBrO3. The molecule has 0 N–H and O–H groups in total. The topological polar surface area (TPSA) is 27.7 Å². The molecule has 0 radical (unpaired) electrons. The van der Waals surface area contributed by atoms with Crippen LogP contribution in [0.2, 0.25) is 0 Å². The molecule has 0 bridgehead atoms. The zero-order valence-corrected chi connectivity index (χ0v) is 17.0. The molecule has 0 spiro atoms. The van der Waals surface area contributed by atoms with E-state index in [9.17, 15) is 0 Å². The van der Waals surface area contributed by atoms with Crippen molar-refractivity contribution in [2.75, 3.05) is 0 Å². The van der Waals surface area contributed by atoms with Gasteiger partial charge in [0.25, 0.3) is 0 Å². The fourth-order valence-corrected chi connectivity index (χ4v) is 3.16. The van der Waals surface area contributed by atoms with Gasteiger partial charge in [-0.3, -0.25) is 0 Å². The summed E-state index contributed by atoms with van der Waals surface area (Å²) in [6, 6.07) is 14.3. The van der Waals surface area contributed by atoms with Crippen molar-refractivity contribution in [3.05, 3.63) is 58.1 Å². The lowest BCUT2D eigenvalue weighted by Crippen LogP contribution is -2.41. The first kappa shape index (κ1) is 18.5. The van der Waals surface area contributed by atoms with E-state index in [1.807, 2.05) is 19.1 Å². The Morgan fingerprint density at radius 2 is 1.56 bits per heavy atom. The first-order valence-electron chi connectivity index (χ1n) is 8.51. The van der Waals surface area contributed by atoms with E-state index in [0.29, 0.717) is 6.61 Å². The summed E-state index contributed by atoms with van der Waals surface area (Å²) >= 11 is 3.47. The quantitative estimate of drug-likeness (QED) is 0.697. The summed E-state index contributed by atoms with van der Waals surface area (Å²) < 4.78 is 19.2. The highest BCUT2D eigenvalue weighted by Gasteiger charge is 2.51. The maximum atomic E-state index is 6.09. The fraction of sp³-hybridized carbons (Fsp3) is 0.400. The molecule has 2 aromatic carbocycles. The van der Waals surface area contributed by atoms with Crippen LogP contribution in [0, 0.1) is 6.92 Å². The number of hydrogen-bond acceptors (Lipinski definition) is 3. The third-order valence-corrected chi connectivity index (χ3v) is 5.53. The van der Waals surface area contributed by atoms with Crippen LogP contribution >= 0.6 is 15.9 Å². The van der Waals surface area contributed by atoms with E-state index < -0.39 is 0 Å². The predicted molar refractivity (Wildman–Crippen MR) is 105 cm³/mol. The van der Waals surface area contributed by atoms with Gasteiger partial charge in [-0.1, -0.05) is 40.2 Å². The highest BCUT2D eigenvalue weighted by atomic mass is 79.9. The zero-order chi connectivity index (χ0) is 18.2. The Morgan fingerprint density at radius 1 is 0.960 bits per heavy atom. The summed E-state index contributed by atoms with van der Waals surface area (Å²) in [7, 11) is -0.325. The number of rotatable bonds is 4. The van der Waals surface area contributed by atoms with E-state index in [2.05, 4.69) is 74.0 Å². The van der Waals surface area contributed by atoms with Crippen LogP contribution in [0.5, 0.6) is 5.75 Å². The predicted octanol–water partition coefficient (Wildman–Crippen LogP) is 4.64. The van der Waals surface area contributed by atoms with Crippen molar-refractivity contribution < 1.29 is 14.0 Å². The molecule has 3 nitrogen and oxygen atoms in total. The molecule has 5 heteroatoms.